The number of hydrogen-bond donors (Lipinski definition) is 0. The molecule has 0 saturated carbocycles. The van der Waals surface area contributed by atoms with Crippen LogP contribution in [-0.4, -0.2) is 28.3 Å². The fourth-order valence-electron chi connectivity index (χ4n) is 3.88. The first-order valence-corrected chi connectivity index (χ1v) is 11.1. The number of benzene rings is 2. The molecule has 0 bridgehead atoms. The van der Waals surface area contributed by atoms with E-state index in [0.717, 1.165) is 41.8 Å². The predicted molar refractivity (Wildman–Crippen MR) is 122 cm³/mol. The van der Waals surface area contributed by atoms with Crippen molar-refractivity contribution in [2.24, 2.45) is 0 Å². The maximum Gasteiger partial charge on any atom is 0.410 e. The first kappa shape index (κ1) is 21.9. The lowest BCUT2D eigenvalue weighted by atomic mass is 9.95. The van der Waals surface area contributed by atoms with E-state index < -0.39 is 5.60 Å². The van der Waals surface area contributed by atoms with Gasteiger partial charge in [0.1, 0.15) is 23.7 Å². The minimum atomic E-state index is -0.502. The van der Waals surface area contributed by atoms with Crippen molar-refractivity contribution in [3.8, 4) is 17.0 Å². The van der Waals surface area contributed by atoms with Gasteiger partial charge in [-0.2, -0.15) is 0 Å². The second kappa shape index (κ2) is 9.47. The number of ether oxygens (including phenoxy) is 2. The number of carbonyl (C=O) groups is 1. The summed E-state index contributed by atoms with van der Waals surface area (Å²) in [6, 6.07) is 19.7. The lowest BCUT2D eigenvalue weighted by molar-refractivity contribution is 0.00951. The molecule has 1 saturated heterocycles. The molecule has 0 spiro atoms. The van der Waals surface area contributed by atoms with E-state index >= 15 is 0 Å². The molecule has 1 atom stereocenters. The van der Waals surface area contributed by atoms with E-state index in [1.54, 1.807) is 0 Å². The Hall–Kier alpha value is -3.28. The quantitative estimate of drug-likeness (QED) is 0.466. The van der Waals surface area contributed by atoms with E-state index in [9.17, 15) is 4.79 Å². The third-order valence-corrected chi connectivity index (χ3v) is 5.41. The van der Waals surface area contributed by atoms with Crippen molar-refractivity contribution in [3.63, 3.8) is 0 Å². The predicted octanol–water partition coefficient (Wildman–Crippen LogP) is 6.38. The summed E-state index contributed by atoms with van der Waals surface area (Å²) in [6.45, 7) is 6.70. The van der Waals surface area contributed by atoms with Crippen LogP contribution in [0.5, 0.6) is 5.75 Å². The minimum absolute atomic E-state index is 0.0235. The summed E-state index contributed by atoms with van der Waals surface area (Å²) < 4.78 is 16.9. The molecule has 1 aliphatic heterocycles. The van der Waals surface area contributed by atoms with Gasteiger partial charge in [0.05, 0.1) is 6.04 Å². The van der Waals surface area contributed by atoms with Crippen molar-refractivity contribution in [3.05, 3.63) is 72.0 Å². The van der Waals surface area contributed by atoms with Crippen molar-refractivity contribution in [1.29, 1.82) is 0 Å². The maximum atomic E-state index is 12.7. The minimum Gasteiger partial charge on any atom is -0.486 e. The standard InChI is InChI=1S/C26H30N2O4/c1-26(2,3)31-25(29)28-16-8-7-11-24(28)20-12-14-21(15-13-20)30-18-22-17-23(27-32-22)19-9-5-4-6-10-19/h4-6,9-10,12-15,17,24H,7-8,11,16,18H2,1-3H3. The molecule has 0 N–H and O–H groups in total. The van der Waals surface area contributed by atoms with Crippen LogP contribution in [0, 0.1) is 0 Å². The van der Waals surface area contributed by atoms with Crippen LogP contribution >= 0.6 is 0 Å². The second-order valence-electron chi connectivity index (χ2n) is 9.09. The van der Waals surface area contributed by atoms with Crippen LogP contribution < -0.4 is 4.74 Å². The summed E-state index contributed by atoms with van der Waals surface area (Å²) in [5.74, 6) is 1.40. The Kier molecular flexibility index (Phi) is 6.49. The lowest BCUT2D eigenvalue weighted by Crippen LogP contribution is -2.41. The topological polar surface area (TPSA) is 64.8 Å². The summed E-state index contributed by atoms with van der Waals surface area (Å²) in [5.41, 5.74) is 2.39. The Morgan fingerprint density at radius 3 is 2.56 bits per heavy atom. The van der Waals surface area contributed by atoms with Crippen LogP contribution in [0.2, 0.25) is 0 Å². The molecule has 32 heavy (non-hydrogen) atoms. The van der Waals surface area contributed by atoms with Gasteiger partial charge >= 0.3 is 6.09 Å². The molecule has 168 valence electrons. The van der Waals surface area contributed by atoms with Crippen LogP contribution in [0.25, 0.3) is 11.3 Å². The molecular formula is C26H30N2O4. The van der Waals surface area contributed by atoms with Crippen LogP contribution in [-0.2, 0) is 11.3 Å². The average Bonchev–Trinajstić information content (AvgIpc) is 3.27. The second-order valence-corrected chi connectivity index (χ2v) is 9.09. The summed E-state index contributed by atoms with van der Waals surface area (Å²) in [7, 11) is 0. The number of hydrogen-bond acceptors (Lipinski definition) is 5. The highest BCUT2D eigenvalue weighted by molar-refractivity contribution is 5.69. The SMILES string of the molecule is CC(C)(C)OC(=O)N1CCCCC1c1ccc(OCc2cc(-c3ccccc3)no2)cc1. The van der Waals surface area contributed by atoms with Crippen molar-refractivity contribution in [1.82, 2.24) is 10.1 Å². The van der Waals surface area contributed by atoms with E-state index in [4.69, 9.17) is 14.0 Å². The first-order chi connectivity index (χ1) is 15.4. The van der Waals surface area contributed by atoms with Gasteiger partial charge in [0, 0.05) is 18.2 Å². The Balaban J connectivity index is 1.38. The van der Waals surface area contributed by atoms with E-state index in [2.05, 4.69) is 5.16 Å². The number of rotatable bonds is 5. The molecular weight excluding hydrogens is 404 g/mol. The van der Waals surface area contributed by atoms with Gasteiger partial charge in [-0.3, -0.25) is 0 Å². The number of aromatic nitrogens is 1. The molecule has 2 heterocycles. The lowest BCUT2D eigenvalue weighted by Gasteiger charge is -2.37. The highest BCUT2D eigenvalue weighted by atomic mass is 16.6. The third-order valence-electron chi connectivity index (χ3n) is 5.41. The maximum absolute atomic E-state index is 12.7. The molecule has 6 nitrogen and oxygen atoms in total. The van der Waals surface area contributed by atoms with Crippen LogP contribution in [0.3, 0.4) is 0 Å². The highest BCUT2D eigenvalue weighted by Crippen LogP contribution is 2.33. The normalized spacial score (nSPS) is 16.6. The largest absolute Gasteiger partial charge is 0.486 e. The van der Waals surface area contributed by atoms with Crippen molar-refractivity contribution >= 4 is 6.09 Å². The zero-order valence-electron chi connectivity index (χ0n) is 18.9. The fourth-order valence-corrected chi connectivity index (χ4v) is 3.88. The first-order valence-electron chi connectivity index (χ1n) is 11.1. The van der Waals surface area contributed by atoms with E-state index in [1.165, 1.54) is 0 Å². The Labute approximate surface area is 189 Å². The summed E-state index contributed by atoms with van der Waals surface area (Å²) >= 11 is 0. The molecule has 0 aliphatic carbocycles. The van der Waals surface area contributed by atoms with Gasteiger partial charge in [-0.1, -0.05) is 47.6 Å². The third kappa shape index (κ3) is 5.49. The van der Waals surface area contributed by atoms with Crippen molar-refractivity contribution in [2.75, 3.05) is 6.54 Å². The van der Waals surface area contributed by atoms with Gasteiger partial charge in [0.15, 0.2) is 5.76 Å². The summed E-state index contributed by atoms with van der Waals surface area (Å²) in [4.78, 5) is 14.5. The number of likely N-dealkylation sites (tertiary alicyclic amines) is 1. The van der Waals surface area contributed by atoms with Gasteiger partial charge in [-0.25, -0.2) is 4.79 Å². The Bertz CT molecular complexity index is 1020. The van der Waals surface area contributed by atoms with E-state index in [1.807, 2.05) is 86.3 Å². The van der Waals surface area contributed by atoms with Gasteiger partial charge in [0.25, 0.3) is 0 Å². The van der Waals surface area contributed by atoms with Crippen LogP contribution in [0.4, 0.5) is 4.79 Å². The van der Waals surface area contributed by atoms with Crippen molar-refractivity contribution in [2.45, 2.75) is 58.3 Å². The Morgan fingerprint density at radius 2 is 1.84 bits per heavy atom. The number of carbonyl (C=O) groups excluding carboxylic acids is 1. The number of piperidine rings is 1. The molecule has 1 aliphatic rings. The van der Waals surface area contributed by atoms with Crippen molar-refractivity contribution < 1.29 is 18.8 Å². The number of amides is 1. The molecule has 1 aromatic heterocycles. The van der Waals surface area contributed by atoms with Crippen LogP contribution in [0.15, 0.2) is 65.2 Å². The summed E-state index contributed by atoms with van der Waals surface area (Å²) in [5, 5.41) is 4.12. The number of nitrogens with zero attached hydrogens (tertiary/aromatic N) is 2. The zero-order chi connectivity index (χ0) is 22.6. The van der Waals surface area contributed by atoms with Crippen LogP contribution in [0.1, 0.15) is 57.4 Å². The zero-order valence-corrected chi connectivity index (χ0v) is 18.9. The Morgan fingerprint density at radius 1 is 1.09 bits per heavy atom. The molecule has 6 heteroatoms. The highest BCUT2D eigenvalue weighted by Gasteiger charge is 2.31. The molecule has 1 unspecified atom stereocenters. The van der Waals surface area contributed by atoms with E-state index in [0.29, 0.717) is 18.9 Å². The average molecular weight is 435 g/mol. The van der Waals surface area contributed by atoms with E-state index in [-0.39, 0.29) is 12.1 Å². The molecule has 4 rings (SSSR count). The molecule has 1 fully saturated rings. The van der Waals surface area contributed by atoms with Gasteiger partial charge in [-0.05, 0) is 57.7 Å². The molecule has 3 aromatic rings. The van der Waals surface area contributed by atoms with Gasteiger partial charge in [0.2, 0.25) is 0 Å². The van der Waals surface area contributed by atoms with Gasteiger partial charge in [-0.15, -0.1) is 0 Å². The monoisotopic (exact) mass is 434 g/mol. The molecule has 2 aromatic carbocycles. The van der Waals surface area contributed by atoms with Gasteiger partial charge < -0.3 is 18.9 Å². The molecule has 1 amide bonds. The fraction of sp³-hybridized carbons (Fsp3) is 0.385. The summed E-state index contributed by atoms with van der Waals surface area (Å²) in [6.07, 6.45) is 2.78. The molecule has 0 radical (unpaired) electrons. The smallest absolute Gasteiger partial charge is 0.410 e.